The van der Waals surface area contributed by atoms with Crippen LogP contribution in [0.25, 0.3) is 0 Å². The van der Waals surface area contributed by atoms with Gasteiger partial charge in [0.15, 0.2) is 0 Å². The van der Waals surface area contributed by atoms with Gasteiger partial charge < -0.3 is 19.2 Å². The van der Waals surface area contributed by atoms with E-state index in [4.69, 9.17) is 19.2 Å². The Bertz CT molecular complexity index is 62.2. The molecule has 8 heteroatoms. The Kier molecular flexibility index (Phi) is 16.4. The molecule has 0 atom stereocenters. The van der Waals surface area contributed by atoms with E-state index >= 15 is 0 Å². The van der Waals surface area contributed by atoms with Crippen molar-refractivity contribution in [2.24, 2.45) is 0 Å². The minimum Gasteiger partial charge on any atom is 1.00 e. The first-order valence-corrected chi connectivity index (χ1v) is 2.76. The van der Waals surface area contributed by atoms with E-state index in [1.807, 2.05) is 0 Å². The van der Waals surface area contributed by atoms with Crippen LogP contribution in [0.4, 0.5) is 3.58 Å². The van der Waals surface area contributed by atoms with Crippen molar-refractivity contribution in [1.82, 2.24) is 0 Å². The molecule has 0 heterocycles. The maximum absolute atomic E-state index is 9.19. The van der Waals surface area contributed by atoms with Crippen molar-refractivity contribution in [3.63, 3.8) is 0 Å². The molecule has 0 rings (SSSR count). The first-order chi connectivity index (χ1) is 3.00. The van der Waals surface area contributed by atoms with Gasteiger partial charge in [-0.1, -0.05) is 0 Å². The Morgan fingerprint density at radius 3 is 1.50 bits per heavy atom. The van der Waals surface area contributed by atoms with Crippen molar-refractivity contribution in [2.75, 3.05) is 0 Å². The summed E-state index contributed by atoms with van der Waals surface area (Å²) in [7, 11) is -5.14. The summed E-state index contributed by atoms with van der Waals surface area (Å²) in [6, 6.07) is 0. The van der Waals surface area contributed by atoms with Crippen LogP contribution in [0.5, 0.6) is 0 Å². The largest absolute Gasteiger partial charge is 1.00 e. The van der Waals surface area contributed by atoms with Crippen LogP contribution in [0, 0.1) is 0 Å². The van der Waals surface area contributed by atoms with Gasteiger partial charge in [0.25, 0.3) is 0 Å². The van der Waals surface area contributed by atoms with Crippen molar-refractivity contribution >= 4 is 7.82 Å². The Labute approximate surface area is 65.9 Å². The summed E-state index contributed by atoms with van der Waals surface area (Å²) in [4.78, 5) is 24.3. The third kappa shape index (κ3) is 206. The zero-order valence-corrected chi connectivity index (χ0v) is 5.77. The van der Waals surface area contributed by atoms with Gasteiger partial charge in [-0.15, -0.1) is 0 Å². The molecule has 0 saturated carbocycles. The molecule has 0 amide bonds. The molecule has 0 saturated heterocycles. The molecule has 0 aliphatic heterocycles. The van der Waals surface area contributed by atoms with E-state index in [1.54, 1.807) is 0 Å². The summed E-state index contributed by atoms with van der Waals surface area (Å²) >= 11 is 2.06. The van der Waals surface area contributed by atoms with Crippen molar-refractivity contribution in [2.45, 2.75) is 0 Å². The van der Waals surface area contributed by atoms with Gasteiger partial charge in [-0.2, -0.15) is 0 Å². The molecule has 0 unspecified atom stereocenters. The first kappa shape index (κ1) is 16.1. The van der Waals surface area contributed by atoms with Gasteiger partial charge in [-0.3, -0.25) is 0 Å². The second-order valence-electron chi connectivity index (χ2n) is 0.469. The predicted octanol–water partition coefficient (Wildman–Crippen LogP) is -4.77. The molecular formula is HCoFLiO4P. The quantitative estimate of drug-likeness (QED) is 0.300. The van der Waals surface area contributed by atoms with Gasteiger partial charge in [0.1, 0.15) is 0 Å². The number of phosphoric acid groups is 1. The zero-order valence-electron chi connectivity index (χ0n) is 3.83. The number of hydrogen-bond donors (Lipinski definition) is 1. The zero-order chi connectivity index (χ0) is 6.50. The molecule has 8 heavy (non-hydrogen) atoms. The summed E-state index contributed by atoms with van der Waals surface area (Å²) in [6.45, 7) is 0. The second kappa shape index (κ2) is 8.14. The molecular weight excluding hydrogens is 180 g/mol. The number of halogens is 1. The van der Waals surface area contributed by atoms with Gasteiger partial charge in [-0.05, 0) is 0 Å². The average Bonchev–Trinajstić information content (AvgIpc) is 1.36. The van der Waals surface area contributed by atoms with Gasteiger partial charge in [0.2, 0.25) is 0 Å². The van der Waals surface area contributed by atoms with Crippen LogP contribution in [0.15, 0.2) is 0 Å². The Morgan fingerprint density at radius 1 is 1.50 bits per heavy atom. The number of hydrogen-bond acceptors (Lipinski definition) is 3. The smallest absolute Gasteiger partial charge is 1.00 e. The Hall–Kier alpha value is 1.14. The molecule has 0 aromatic heterocycles. The van der Waals surface area contributed by atoms with E-state index in [2.05, 4.69) is 16.2 Å². The number of rotatable bonds is 0. The van der Waals surface area contributed by atoms with Crippen LogP contribution in [-0.4, -0.2) is 4.89 Å². The predicted molar refractivity (Wildman–Crippen MR) is 10.9 cm³/mol. The standard InChI is InChI=1S/Co.FH.Li.H3O4P/c;;;1-5(2,3)4/h;1H;;(H3,1,2,3,4)/q+2;;+1;/p-3. The Morgan fingerprint density at radius 2 is 1.50 bits per heavy atom. The third-order valence-corrected chi connectivity index (χ3v) is 0. The fourth-order valence-electron chi connectivity index (χ4n) is 0. The van der Waals surface area contributed by atoms with Crippen LogP contribution in [0.1, 0.15) is 0 Å². The molecule has 0 bridgehead atoms. The van der Waals surface area contributed by atoms with Crippen molar-refractivity contribution in [3.8, 4) is 0 Å². The molecule has 47 valence electrons. The molecule has 0 aliphatic rings. The van der Waals surface area contributed by atoms with Crippen LogP contribution >= 0.6 is 7.82 Å². The first-order valence-electron chi connectivity index (χ1n) is 0.874. The van der Waals surface area contributed by atoms with Crippen LogP contribution in [0.2, 0.25) is 0 Å². The minimum absolute atomic E-state index is 0. The summed E-state index contributed by atoms with van der Waals surface area (Å²) in [5, 5.41) is 0. The van der Waals surface area contributed by atoms with E-state index in [0.717, 1.165) is 0 Å². The molecule has 0 aliphatic carbocycles. The summed E-state index contributed by atoms with van der Waals surface area (Å²) < 4.78 is 17.8. The van der Waals surface area contributed by atoms with Crippen LogP contribution in [-0.2, 0) is 20.8 Å². The van der Waals surface area contributed by atoms with Crippen molar-refractivity contribution in [1.29, 1.82) is 0 Å². The topological polar surface area (TPSA) is 83.4 Å². The third-order valence-electron chi connectivity index (χ3n) is 0. The molecule has 0 aromatic rings. The normalized spacial score (nSPS) is 8.12. The van der Waals surface area contributed by atoms with E-state index < -0.39 is 7.82 Å². The molecule has 1 N–H and O–H groups in total. The van der Waals surface area contributed by atoms with Gasteiger partial charge in [0, 0.05) is 0 Å². The van der Waals surface area contributed by atoms with Gasteiger partial charge in [0.05, 0.1) is 7.82 Å². The summed E-state index contributed by atoms with van der Waals surface area (Å²) in [5.41, 5.74) is 0. The Balaban J connectivity index is -0.0000000750. The van der Waals surface area contributed by atoms with Crippen LogP contribution in [0.3, 0.4) is 0 Å². The molecule has 0 fully saturated rings. The fraction of sp³-hybridized carbons (Fsp3) is 0. The molecule has 4 nitrogen and oxygen atoms in total. The van der Waals surface area contributed by atoms with Crippen molar-refractivity contribution < 1.29 is 57.9 Å². The maximum atomic E-state index is 9.19. The maximum Gasteiger partial charge on any atom is 1.00 e. The van der Waals surface area contributed by atoms with Crippen molar-refractivity contribution in [3.05, 3.63) is 0 Å². The monoisotopic (exact) mass is 181 g/mol. The van der Waals surface area contributed by atoms with Gasteiger partial charge >= 0.3 is 38.6 Å². The second-order valence-corrected chi connectivity index (χ2v) is 1.41. The minimum atomic E-state index is -5.14. The summed E-state index contributed by atoms with van der Waals surface area (Å²) in [5.74, 6) is 0. The fourth-order valence-corrected chi connectivity index (χ4v) is 0. The molecule has 0 aromatic carbocycles. The molecule has 0 spiro atoms. The average molecular weight is 181 g/mol. The van der Waals surface area contributed by atoms with E-state index in [9.17, 15) is 3.58 Å². The van der Waals surface area contributed by atoms with Gasteiger partial charge in [-0.25, -0.2) is 0 Å². The van der Waals surface area contributed by atoms with E-state index in [1.165, 1.54) is 0 Å². The van der Waals surface area contributed by atoms with E-state index in [0.29, 0.717) is 0 Å². The molecule has 0 radical (unpaired) electrons. The summed E-state index contributed by atoms with van der Waals surface area (Å²) in [6.07, 6.45) is 0. The van der Waals surface area contributed by atoms with Crippen LogP contribution < -0.4 is 28.6 Å². The SMILES string of the molecule is O=P([O-])([O-])O.[F][Co+].[Li+]. The van der Waals surface area contributed by atoms with E-state index in [-0.39, 0.29) is 18.9 Å².